The van der Waals surface area contributed by atoms with Gasteiger partial charge in [0.1, 0.15) is 5.75 Å². The molecule has 19 heavy (non-hydrogen) atoms. The Balaban J connectivity index is 2.13. The van der Waals surface area contributed by atoms with Crippen LogP contribution in [-0.4, -0.2) is 13.2 Å². The molecule has 0 heterocycles. The first-order chi connectivity index (χ1) is 9.26. The molecule has 1 saturated carbocycles. The van der Waals surface area contributed by atoms with Crippen LogP contribution in [-0.2, 0) is 0 Å². The Hall–Kier alpha value is -0.540. The number of ether oxygens (including phenoxy) is 1. The van der Waals surface area contributed by atoms with Crippen molar-refractivity contribution in [1.82, 2.24) is 5.32 Å². The highest BCUT2D eigenvalue weighted by Crippen LogP contribution is 2.39. The van der Waals surface area contributed by atoms with Gasteiger partial charge in [0.05, 0.1) is 11.1 Å². The fourth-order valence-electron chi connectivity index (χ4n) is 2.61. The van der Waals surface area contributed by atoms with Gasteiger partial charge < -0.3 is 10.1 Å². The molecule has 1 aromatic carbocycles. The first-order valence-electron chi connectivity index (χ1n) is 7.41. The first-order valence-corrected chi connectivity index (χ1v) is 8.21. The quantitative estimate of drug-likeness (QED) is 0.785. The number of hydrogen-bond donors (Lipinski definition) is 1. The molecule has 0 radical (unpaired) electrons. The van der Waals surface area contributed by atoms with Crippen LogP contribution in [0.4, 0.5) is 0 Å². The fourth-order valence-corrected chi connectivity index (χ4v) is 3.12. The van der Waals surface area contributed by atoms with Crippen molar-refractivity contribution in [2.45, 2.75) is 45.6 Å². The van der Waals surface area contributed by atoms with Crippen molar-refractivity contribution in [2.24, 2.45) is 5.92 Å². The van der Waals surface area contributed by atoms with Crippen LogP contribution in [0.15, 0.2) is 22.7 Å². The minimum Gasteiger partial charge on any atom is -0.493 e. The summed E-state index contributed by atoms with van der Waals surface area (Å²) in [5.74, 6) is 1.74. The summed E-state index contributed by atoms with van der Waals surface area (Å²) in [7, 11) is 0. The van der Waals surface area contributed by atoms with E-state index in [9.17, 15) is 0 Å². The number of halogens is 1. The summed E-state index contributed by atoms with van der Waals surface area (Å²) in [6, 6.07) is 7.01. The van der Waals surface area contributed by atoms with Gasteiger partial charge in [-0.25, -0.2) is 0 Å². The molecule has 1 aliphatic carbocycles. The van der Waals surface area contributed by atoms with Gasteiger partial charge in [0.2, 0.25) is 0 Å². The maximum absolute atomic E-state index is 5.59. The number of benzene rings is 1. The van der Waals surface area contributed by atoms with E-state index in [1.807, 2.05) is 6.92 Å². The lowest BCUT2D eigenvalue weighted by Crippen LogP contribution is -2.32. The molecular formula is C16H24BrNO. The van der Waals surface area contributed by atoms with E-state index in [2.05, 4.69) is 46.4 Å². The van der Waals surface area contributed by atoms with E-state index in [0.29, 0.717) is 12.6 Å². The highest BCUT2D eigenvalue weighted by molar-refractivity contribution is 9.10. The normalized spacial score (nSPS) is 17.0. The Morgan fingerprint density at radius 1 is 1.37 bits per heavy atom. The predicted molar refractivity (Wildman–Crippen MR) is 83.7 cm³/mol. The molecule has 1 aromatic rings. The van der Waals surface area contributed by atoms with Crippen molar-refractivity contribution < 1.29 is 4.74 Å². The van der Waals surface area contributed by atoms with E-state index >= 15 is 0 Å². The summed E-state index contributed by atoms with van der Waals surface area (Å²) >= 11 is 3.62. The van der Waals surface area contributed by atoms with Crippen LogP contribution in [0.2, 0.25) is 0 Å². The molecule has 0 amide bonds. The summed E-state index contributed by atoms with van der Waals surface area (Å²) in [5, 5.41) is 3.70. The van der Waals surface area contributed by atoms with E-state index in [1.54, 1.807) is 0 Å². The highest BCUT2D eigenvalue weighted by Gasteiger charge is 2.28. The van der Waals surface area contributed by atoms with Crippen LogP contribution in [0.5, 0.6) is 5.75 Å². The third-order valence-electron chi connectivity index (χ3n) is 3.85. The topological polar surface area (TPSA) is 21.3 Å². The van der Waals surface area contributed by atoms with Gasteiger partial charge in [-0.3, -0.25) is 0 Å². The molecule has 1 aliphatic rings. The van der Waals surface area contributed by atoms with Gasteiger partial charge in [-0.2, -0.15) is 0 Å². The zero-order valence-corrected chi connectivity index (χ0v) is 13.5. The summed E-state index contributed by atoms with van der Waals surface area (Å²) in [4.78, 5) is 0. The smallest absolute Gasteiger partial charge is 0.133 e. The van der Waals surface area contributed by atoms with Crippen LogP contribution in [0.3, 0.4) is 0 Å². The summed E-state index contributed by atoms with van der Waals surface area (Å²) in [6.45, 7) is 6.03. The van der Waals surface area contributed by atoms with Crippen molar-refractivity contribution in [3.8, 4) is 5.75 Å². The standard InChI is InChI=1S/C16H24BrNO/c1-3-10-18-16(12-6-5-7-12)13-8-9-15(19-4-2)14(17)11-13/h8-9,11-12,16,18H,3-7,10H2,1-2H3. The molecule has 0 aromatic heterocycles. The van der Waals surface area contributed by atoms with Gasteiger partial charge in [-0.15, -0.1) is 0 Å². The lowest BCUT2D eigenvalue weighted by atomic mass is 9.77. The molecule has 1 N–H and O–H groups in total. The first kappa shape index (κ1) is 14.9. The van der Waals surface area contributed by atoms with Gasteiger partial charge in [0.25, 0.3) is 0 Å². The SMILES string of the molecule is CCCNC(c1ccc(OCC)c(Br)c1)C1CCC1. The zero-order chi connectivity index (χ0) is 13.7. The van der Waals surface area contributed by atoms with Crippen molar-refractivity contribution in [3.05, 3.63) is 28.2 Å². The Morgan fingerprint density at radius 2 is 2.16 bits per heavy atom. The van der Waals surface area contributed by atoms with Gasteiger partial charge in [0.15, 0.2) is 0 Å². The second-order valence-corrected chi connectivity index (χ2v) is 6.10. The third-order valence-corrected chi connectivity index (χ3v) is 4.47. The molecule has 0 aliphatic heterocycles. The van der Waals surface area contributed by atoms with Crippen LogP contribution in [0, 0.1) is 5.92 Å². The molecule has 0 spiro atoms. The minimum atomic E-state index is 0.501. The van der Waals surface area contributed by atoms with Gasteiger partial charge in [-0.05, 0) is 72.3 Å². The molecule has 106 valence electrons. The Bertz CT molecular complexity index is 404. The van der Waals surface area contributed by atoms with Crippen molar-refractivity contribution in [1.29, 1.82) is 0 Å². The molecule has 1 unspecified atom stereocenters. The zero-order valence-electron chi connectivity index (χ0n) is 11.9. The molecular weight excluding hydrogens is 302 g/mol. The van der Waals surface area contributed by atoms with Crippen molar-refractivity contribution in [2.75, 3.05) is 13.2 Å². The van der Waals surface area contributed by atoms with Crippen LogP contribution in [0.25, 0.3) is 0 Å². The van der Waals surface area contributed by atoms with Gasteiger partial charge in [0, 0.05) is 6.04 Å². The largest absolute Gasteiger partial charge is 0.493 e. The molecule has 2 nitrogen and oxygen atoms in total. The van der Waals surface area contributed by atoms with Crippen molar-refractivity contribution in [3.63, 3.8) is 0 Å². The summed E-state index contributed by atoms with van der Waals surface area (Å²) < 4.78 is 6.65. The van der Waals surface area contributed by atoms with Crippen LogP contribution >= 0.6 is 15.9 Å². The van der Waals surface area contributed by atoms with Gasteiger partial charge in [-0.1, -0.05) is 19.4 Å². The molecule has 2 rings (SSSR count). The lowest BCUT2D eigenvalue weighted by Gasteiger charge is -2.35. The average Bonchev–Trinajstić information content (AvgIpc) is 2.35. The van der Waals surface area contributed by atoms with Crippen molar-refractivity contribution >= 4 is 15.9 Å². The minimum absolute atomic E-state index is 0.501. The molecule has 0 saturated heterocycles. The van der Waals surface area contributed by atoms with E-state index in [0.717, 1.165) is 22.7 Å². The monoisotopic (exact) mass is 325 g/mol. The third kappa shape index (κ3) is 3.73. The van der Waals surface area contributed by atoms with Crippen LogP contribution < -0.4 is 10.1 Å². The van der Waals surface area contributed by atoms with Gasteiger partial charge >= 0.3 is 0 Å². The Kier molecular flexibility index (Phi) is 5.71. The lowest BCUT2D eigenvalue weighted by molar-refractivity contribution is 0.231. The molecule has 1 fully saturated rings. The van der Waals surface area contributed by atoms with E-state index < -0.39 is 0 Å². The fraction of sp³-hybridized carbons (Fsp3) is 0.625. The second kappa shape index (κ2) is 7.30. The van der Waals surface area contributed by atoms with E-state index in [4.69, 9.17) is 4.74 Å². The second-order valence-electron chi connectivity index (χ2n) is 5.25. The molecule has 3 heteroatoms. The molecule has 1 atom stereocenters. The molecule has 0 bridgehead atoms. The predicted octanol–water partition coefficient (Wildman–Crippen LogP) is 4.69. The average molecular weight is 326 g/mol. The Labute approximate surface area is 125 Å². The number of hydrogen-bond acceptors (Lipinski definition) is 2. The van der Waals surface area contributed by atoms with E-state index in [-0.39, 0.29) is 0 Å². The highest BCUT2D eigenvalue weighted by atomic mass is 79.9. The summed E-state index contributed by atoms with van der Waals surface area (Å²) in [6.07, 6.45) is 5.27. The van der Waals surface area contributed by atoms with Crippen LogP contribution in [0.1, 0.15) is 51.1 Å². The number of nitrogens with one attached hydrogen (secondary N) is 1. The summed E-state index contributed by atoms with van der Waals surface area (Å²) in [5.41, 5.74) is 1.38. The number of rotatable bonds is 7. The maximum atomic E-state index is 5.59. The maximum Gasteiger partial charge on any atom is 0.133 e. The van der Waals surface area contributed by atoms with E-state index in [1.165, 1.54) is 31.2 Å². The Morgan fingerprint density at radius 3 is 2.68 bits per heavy atom.